The van der Waals surface area contributed by atoms with Crippen molar-refractivity contribution in [1.82, 2.24) is 4.57 Å². The molecule has 3 rings (SSSR count). The Kier molecular flexibility index (Phi) is 7.76. The van der Waals surface area contributed by atoms with Crippen molar-refractivity contribution in [2.45, 2.75) is 45.8 Å². The first kappa shape index (κ1) is 24.7. The topological polar surface area (TPSA) is 77.8 Å². The van der Waals surface area contributed by atoms with Crippen molar-refractivity contribution in [3.63, 3.8) is 0 Å². The Bertz CT molecular complexity index is 1170. The van der Waals surface area contributed by atoms with Crippen LogP contribution in [0.3, 0.4) is 0 Å². The fourth-order valence-electron chi connectivity index (χ4n) is 3.49. The molecule has 0 aliphatic heterocycles. The van der Waals surface area contributed by atoms with E-state index in [1.54, 1.807) is 27.7 Å². The van der Waals surface area contributed by atoms with E-state index in [-0.39, 0.29) is 13.0 Å². The minimum absolute atomic E-state index is 0.100. The van der Waals surface area contributed by atoms with Gasteiger partial charge in [-0.1, -0.05) is 46.3 Å². The van der Waals surface area contributed by atoms with E-state index in [4.69, 9.17) is 9.47 Å². The lowest BCUT2D eigenvalue weighted by Gasteiger charge is -2.22. The number of carbonyl (C=O) groups is 2. The number of hydrogen-bond donors (Lipinski definition) is 1. The standard InChI is InChI=1S/C26H28BrNO5/c1-5-32-24(30)16-19(15-23(29)17-9-7-6-8-10-17)22-14-18-13-20(27)11-12-21(18)28(22)25(31)33-26(2,3)4/h6-14,16,23,29H,5,15H2,1-4H3/b19-16+. The van der Waals surface area contributed by atoms with Crippen molar-refractivity contribution in [1.29, 1.82) is 0 Å². The molecule has 0 saturated carbocycles. The number of carbonyl (C=O) groups excluding carboxylic acids is 2. The number of benzene rings is 2. The van der Waals surface area contributed by atoms with Crippen molar-refractivity contribution in [3.8, 4) is 0 Å². The maximum Gasteiger partial charge on any atom is 0.419 e. The number of aliphatic hydroxyl groups is 1. The summed E-state index contributed by atoms with van der Waals surface area (Å²) in [4.78, 5) is 25.6. The van der Waals surface area contributed by atoms with E-state index in [2.05, 4.69) is 15.9 Å². The van der Waals surface area contributed by atoms with Crippen LogP contribution in [0.25, 0.3) is 16.5 Å². The van der Waals surface area contributed by atoms with Crippen molar-refractivity contribution in [2.24, 2.45) is 0 Å². The summed E-state index contributed by atoms with van der Waals surface area (Å²) >= 11 is 3.47. The molecule has 0 fully saturated rings. The zero-order valence-corrected chi connectivity index (χ0v) is 20.8. The Hall–Kier alpha value is -2.90. The minimum atomic E-state index is -0.885. The third kappa shape index (κ3) is 6.33. The smallest absolute Gasteiger partial charge is 0.419 e. The van der Waals surface area contributed by atoms with Gasteiger partial charge in [-0.2, -0.15) is 0 Å². The highest BCUT2D eigenvalue weighted by Crippen LogP contribution is 2.33. The van der Waals surface area contributed by atoms with Gasteiger partial charge in [0.1, 0.15) is 5.60 Å². The lowest BCUT2D eigenvalue weighted by atomic mass is 9.99. The Morgan fingerprint density at radius 3 is 2.45 bits per heavy atom. The summed E-state index contributed by atoms with van der Waals surface area (Å²) in [5.74, 6) is -0.546. The van der Waals surface area contributed by atoms with Gasteiger partial charge in [-0.25, -0.2) is 14.2 Å². The van der Waals surface area contributed by atoms with Crippen molar-refractivity contribution < 1.29 is 24.2 Å². The highest BCUT2D eigenvalue weighted by atomic mass is 79.9. The fourth-order valence-corrected chi connectivity index (χ4v) is 3.87. The molecule has 0 aliphatic carbocycles. The number of aliphatic hydroxyl groups excluding tert-OH is 1. The van der Waals surface area contributed by atoms with Gasteiger partial charge in [0.15, 0.2) is 0 Å². The molecule has 7 heteroatoms. The van der Waals surface area contributed by atoms with Gasteiger partial charge in [0.05, 0.1) is 23.9 Å². The van der Waals surface area contributed by atoms with Crippen LogP contribution in [0.5, 0.6) is 0 Å². The van der Waals surface area contributed by atoms with Gasteiger partial charge in [-0.15, -0.1) is 0 Å². The molecule has 1 N–H and O–H groups in total. The van der Waals surface area contributed by atoms with E-state index in [9.17, 15) is 14.7 Å². The predicted octanol–water partition coefficient (Wildman–Crippen LogP) is 6.26. The number of halogens is 1. The summed E-state index contributed by atoms with van der Waals surface area (Å²) in [5.41, 5.74) is 1.54. The van der Waals surface area contributed by atoms with E-state index in [1.165, 1.54) is 10.6 Å². The monoisotopic (exact) mass is 513 g/mol. The van der Waals surface area contributed by atoms with Crippen LogP contribution in [-0.2, 0) is 14.3 Å². The van der Waals surface area contributed by atoms with Gasteiger partial charge in [0.2, 0.25) is 0 Å². The number of hydrogen-bond acceptors (Lipinski definition) is 5. The minimum Gasteiger partial charge on any atom is -0.463 e. The van der Waals surface area contributed by atoms with E-state index in [0.29, 0.717) is 22.3 Å². The molecule has 0 amide bonds. The molecule has 0 spiro atoms. The maximum atomic E-state index is 13.2. The van der Waals surface area contributed by atoms with Crippen LogP contribution >= 0.6 is 15.9 Å². The molecule has 0 saturated heterocycles. The van der Waals surface area contributed by atoms with E-state index in [1.807, 2.05) is 54.6 Å². The quantitative estimate of drug-likeness (QED) is 0.311. The van der Waals surface area contributed by atoms with Crippen LogP contribution in [0.1, 0.15) is 51.5 Å². The predicted molar refractivity (Wildman–Crippen MR) is 132 cm³/mol. The van der Waals surface area contributed by atoms with Crippen molar-refractivity contribution in [2.75, 3.05) is 6.61 Å². The number of aromatic nitrogens is 1. The van der Waals surface area contributed by atoms with Crippen molar-refractivity contribution >= 4 is 44.5 Å². The summed E-state index contributed by atoms with van der Waals surface area (Å²) < 4.78 is 13.1. The number of fused-ring (bicyclic) bond motifs is 1. The average molecular weight is 514 g/mol. The second-order valence-corrected chi connectivity index (χ2v) is 9.52. The molecular formula is C26H28BrNO5. The molecule has 1 aromatic heterocycles. The molecule has 33 heavy (non-hydrogen) atoms. The highest BCUT2D eigenvalue weighted by molar-refractivity contribution is 9.10. The SMILES string of the molecule is CCOC(=O)/C=C(\CC(O)c1ccccc1)c1cc2cc(Br)ccc2n1C(=O)OC(C)(C)C. The second kappa shape index (κ2) is 10.4. The lowest BCUT2D eigenvalue weighted by Crippen LogP contribution is -2.28. The number of ether oxygens (including phenoxy) is 2. The molecule has 1 atom stereocenters. The summed E-state index contributed by atoms with van der Waals surface area (Å²) in [6, 6.07) is 16.5. The van der Waals surface area contributed by atoms with Crippen LogP contribution in [0.4, 0.5) is 4.79 Å². The van der Waals surface area contributed by atoms with Crippen LogP contribution in [0, 0.1) is 0 Å². The maximum absolute atomic E-state index is 13.2. The number of nitrogens with zero attached hydrogens (tertiary/aromatic N) is 1. The Balaban J connectivity index is 2.16. The van der Waals surface area contributed by atoms with E-state index < -0.39 is 23.8 Å². The largest absolute Gasteiger partial charge is 0.463 e. The van der Waals surface area contributed by atoms with Gasteiger partial charge < -0.3 is 14.6 Å². The molecule has 0 bridgehead atoms. The molecule has 174 valence electrons. The summed E-state index contributed by atoms with van der Waals surface area (Å²) in [6.45, 7) is 7.31. The average Bonchev–Trinajstić information content (AvgIpc) is 3.11. The summed E-state index contributed by atoms with van der Waals surface area (Å²) in [5, 5.41) is 11.7. The van der Waals surface area contributed by atoms with E-state index in [0.717, 1.165) is 9.86 Å². The fraction of sp³-hybridized carbons (Fsp3) is 0.308. The number of esters is 1. The molecular weight excluding hydrogens is 486 g/mol. The third-order valence-electron chi connectivity index (χ3n) is 4.84. The molecule has 6 nitrogen and oxygen atoms in total. The van der Waals surface area contributed by atoms with Gasteiger partial charge in [-0.05, 0) is 63.1 Å². The van der Waals surface area contributed by atoms with E-state index >= 15 is 0 Å². The third-order valence-corrected chi connectivity index (χ3v) is 5.34. The highest BCUT2D eigenvalue weighted by Gasteiger charge is 2.25. The summed E-state index contributed by atoms with van der Waals surface area (Å²) in [7, 11) is 0. The van der Waals surface area contributed by atoms with Gasteiger partial charge >= 0.3 is 12.1 Å². The van der Waals surface area contributed by atoms with Gasteiger partial charge in [0, 0.05) is 22.4 Å². The van der Waals surface area contributed by atoms with Crippen LogP contribution < -0.4 is 0 Å². The van der Waals surface area contributed by atoms with Gasteiger partial charge in [-0.3, -0.25) is 0 Å². The Morgan fingerprint density at radius 2 is 1.82 bits per heavy atom. The molecule has 0 radical (unpaired) electrons. The molecule has 1 unspecified atom stereocenters. The zero-order chi connectivity index (χ0) is 24.2. The molecule has 1 heterocycles. The molecule has 2 aromatic carbocycles. The first-order chi connectivity index (χ1) is 15.6. The van der Waals surface area contributed by atoms with Crippen LogP contribution in [0.2, 0.25) is 0 Å². The van der Waals surface area contributed by atoms with Crippen LogP contribution in [0.15, 0.2) is 65.1 Å². The molecule has 0 aliphatic rings. The number of rotatable bonds is 6. The lowest BCUT2D eigenvalue weighted by molar-refractivity contribution is -0.137. The molecule has 3 aromatic rings. The second-order valence-electron chi connectivity index (χ2n) is 8.60. The van der Waals surface area contributed by atoms with Crippen LogP contribution in [-0.4, -0.2) is 33.9 Å². The first-order valence-corrected chi connectivity index (χ1v) is 11.5. The normalized spacial score (nSPS) is 13.1. The van der Waals surface area contributed by atoms with Crippen molar-refractivity contribution in [3.05, 3.63) is 76.4 Å². The Labute approximate surface area is 201 Å². The van der Waals surface area contributed by atoms with Gasteiger partial charge in [0.25, 0.3) is 0 Å². The zero-order valence-electron chi connectivity index (χ0n) is 19.2. The summed E-state index contributed by atoms with van der Waals surface area (Å²) in [6.07, 6.45) is -0.0226. The Morgan fingerprint density at radius 1 is 1.12 bits per heavy atom. The first-order valence-electron chi connectivity index (χ1n) is 10.7.